The number of carbonyl (C=O) groups is 2. The lowest BCUT2D eigenvalue weighted by atomic mass is 10.1. The van der Waals surface area contributed by atoms with E-state index in [-0.39, 0.29) is 11.8 Å². The second kappa shape index (κ2) is 8.12. The molecule has 0 aromatic carbocycles. The van der Waals surface area contributed by atoms with E-state index in [4.69, 9.17) is 4.98 Å². The van der Waals surface area contributed by atoms with E-state index in [9.17, 15) is 9.59 Å². The molecule has 2 aliphatic carbocycles. The van der Waals surface area contributed by atoms with Crippen LogP contribution in [0.5, 0.6) is 0 Å². The molecule has 2 aromatic rings. The summed E-state index contributed by atoms with van der Waals surface area (Å²) in [4.78, 5) is 40.8. The third-order valence-electron chi connectivity index (χ3n) is 7.50. The van der Waals surface area contributed by atoms with Crippen LogP contribution in [0.1, 0.15) is 77.5 Å². The first-order chi connectivity index (χ1) is 16.1. The standard InChI is InChI=1S/C26H31N5O2/c1-17-21(8-9-23(28-17)31-10-2-3-24(31)32)26(33)30-13-11-29(12-14-30)25-22(19-6-7-19)15-20(16-27-25)18-4-5-18/h8-9,15-16,18-19H,2-7,10-14H2,1H3. The number of amides is 2. The minimum Gasteiger partial charge on any atom is -0.353 e. The molecule has 172 valence electrons. The summed E-state index contributed by atoms with van der Waals surface area (Å²) >= 11 is 0. The summed E-state index contributed by atoms with van der Waals surface area (Å²) in [6, 6.07) is 6.06. The second-order valence-electron chi connectivity index (χ2n) is 9.96. The van der Waals surface area contributed by atoms with Crippen molar-refractivity contribution in [3.8, 4) is 0 Å². The van der Waals surface area contributed by atoms with Crippen LogP contribution in [0.3, 0.4) is 0 Å². The third-order valence-corrected chi connectivity index (χ3v) is 7.50. The van der Waals surface area contributed by atoms with Crippen molar-refractivity contribution in [3.05, 3.63) is 46.8 Å². The molecule has 2 aliphatic heterocycles. The molecule has 0 unspecified atom stereocenters. The lowest BCUT2D eigenvalue weighted by Crippen LogP contribution is -2.49. The van der Waals surface area contributed by atoms with Crippen molar-refractivity contribution < 1.29 is 9.59 Å². The molecule has 2 saturated carbocycles. The van der Waals surface area contributed by atoms with Crippen LogP contribution in [0.25, 0.3) is 0 Å². The van der Waals surface area contributed by atoms with Gasteiger partial charge in [-0.3, -0.25) is 14.5 Å². The summed E-state index contributed by atoms with van der Waals surface area (Å²) < 4.78 is 0. The van der Waals surface area contributed by atoms with E-state index in [2.05, 4.69) is 22.1 Å². The highest BCUT2D eigenvalue weighted by atomic mass is 16.2. The SMILES string of the molecule is Cc1nc(N2CCCC2=O)ccc1C(=O)N1CCN(c2ncc(C3CC3)cc2C2CC2)CC1. The first kappa shape index (κ1) is 20.6. The molecule has 7 heteroatoms. The third kappa shape index (κ3) is 3.98. The fourth-order valence-corrected chi connectivity index (χ4v) is 5.20. The van der Waals surface area contributed by atoms with Gasteiger partial charge in [-0.2, -0.15) is 0 Å². The summed E-state index contributed by atoms with van der Waals surface area (Å²) in [6.45, 7) is 5.53. The number of hydrogen-bond donors (Lipinski definition) is 0. The Bertz CT molecular complexity index is 1100. The fraction of sp³-hybridized carbons (Fsp3) is 0.538. The Labute approximate surface area is 194 Å². The van der Waals surface area contributed by atoms with E-state index in [0.29, 0.717) is 49.0 Å². The zero-order valence-corrected chi connectivity index (χ0v) is 19.3. The first-order valence-corrected chi connectivity index (χ1v) is 12.4. The predicted molar refractivity (Wildman–Crippen MR) is 127 cm³/mol. The van der Waals surface area contributed by atoms with Gasteiger partial charge in [-0.1, -0.05) is 6.07 Å². The van der Waals surface area contributed by atoms with Crippen molar-refractivity contribution in [2.45, 2.75) is 57.3 Å². The Kier molecular flexibility index (Phi) is 5.07. The molecule has 0 bridgehead atoms. The number of carbonyl (C=O) groups excluding carboxylic acids is 2. The Balaban J connectivity index is 1.14. The van der Waals surface area contributed by atoms with Gasteiger partial charge in [-0.25, -0.2) is 9.97 Å². The van der Waals surface area contributed by atoms with Gasteiger partial charge in [0, 0.05) is 45.3 Å². The van der Waals surface area contributed by atoms with Crippen molar-refractivity contribution in [2.75, 3.05) is 42.5 Å². The number of anilines is 2. The van der Waals surface area contributed by atoms with E-state index in [1.807, 2.05) is 24.0 Å². The average Bonchev–Trinajstić information content (AvgIpc) is 3.76. The molecule has 4 aliphatic rings. The topological polar surface area (TPSA) is 69.6 Å². The summed E-state index contributed by atoms with van der Waals surface area (Å²) in [6.07, 6.45) is 8.67. The Morgan fingerprint density at radius 3 is 2.39 bits per heavy atom. The minimum absolute atomic E-state index is 0.0263. The molecule has 0 radical (unpaired) electrons. The van der Waals surface area contributed by atoms with E-state index in [0.717, 1.165) is 31.2 Å². The first-order valence-electron chi connectivity index (χ1n) is 12.4. The van der Waals surface area contributed by atoms with Gasteiger partial charge >= 0.3 is 0 Å². The molecule has 7 nitrogen and oxygen atoms in total. The molecule has 4 fully saturated rings. The predicted octanol–water partition coefficient (Wildman–Crippen LogP) is 3.63. The van der Waals surface area contributed by atoms with Gasteiger partial charge in [0.1, 0.15) is 11.6 Å². The molecule has 2 saturated heterocycles. The number of pyridine rings is 2. The summed E-state index contributed by atoms with van der Waals surface area (Å²) in [7, 11) is 0. The molecule has 0 N–H and O–H groups in total. The average molecular weight is 446 g/mol. The van der Waals surface area contributed by atoms with E-state index < -0.39 is 0 Å². The van der Waals surface area contributed by atoms with Crippen LogP contribution in [0.4, 0.5) is 11.6 Å². The lowest BCUT2D eigenvalue weighted by Gasteiger charge is -2.36. The monoisotopic (exact) mass is 445 g/mol. The zero-order chi connectivity index (χ0) is 22.5. The highest BCUT2D eigenvalue weighted by Gasteiger charge is 2.33. The molecule has 2 amide bonds. The van der Waals surface area contributed by atoms with Gasteiger partial charge < -0.3 is 9.80 Å². The maximum Gasteiger partial charge on any atom is 0.255 e. The summed E-state index contributed by atoms with van der Waals surface area (Å²) in [5.74, 6) is 3.32. The highest BCUT2D eigenvalue weighted by Crippen LogP contribution is 2.47. The van der Waals surface area contributed by atoms with Crippen molar-refractivity contribution in [1.82, 2.24) is 14.9 Å². The van der Waals surface area contributed by atoms with E-state index in [1.165, 1.54) is 36.8 Å². The molecule has 6 rings (SSSR count). The molecule has 4 heterocycles. The molecule has 0 spiro atoms. The van der Waals surface area contributed by atoms with Gasteiger partial charge in [0.2, 0.25) is 5.91 Å². The molecule has 33 heavy (non-hydrogen) atoms. The molecule has 2 aromatic heterocycles. The molecular weight excluding hydrogens is 414 g/mol. The Hall–Kier alpha value is -2.96. The van der Waals surface area contributed by atoms with Crippen LogP contribution in [0.2, 0.25) is 0 Å². The second-order valence-corrected chi connectivity index (χ2v) is 9.96. The number of rotatable bonds is 5. The van der Waals surface area contributed by atoms with Crippen molar-refractivity contribution in [2.24, 2.45) is 0 Å². The number of hydrogen-bond acceptors (Lipinski definition) is 5. The van der Waals surface area contributed by atoms with Gasteiger partial charge in [-0.15, -0.1) is 0 Å². The van der Waals surface area contributed by atoms with Crippen LogP contribution in [-0.4, -0.2) is 59.4 Å². The van der Waals surface area contributed by atoms with Crippen LogP contribution in [-0.2, 0) is 4.79 Å². The minimum atomic E-state index is 0.0263. The number of aryl methyl sites for hydroxylation is 1. The maximum absolute atomic E-state index is 13.2. The van der Waals surface area contributed by atoms with Crippen LogP contribution >= 0.6 is 0 Å². The quantitative estimate of drug-likeness (QED) is 0.703. The van der Waals surface area contributed by atoms with Gasteiger partial charge in [-0.05, 0) is 74.1 Å². The summed E-state index contributed by atoms with van der Waals surface area (Å²) in [5.41, 5.74) is 4.15. The number of aromatic nitrogens is 2. The van der Waals surface area contributed by atoms with Crippen LogP contribution < -0.4 is 9.80 Å². The fourth-order valence-electron chi connectivity index (χ4n) is 5.20. The van der Waals surface area contributed by atoms with Crippen molar-refractivity contribution >= 4 is 23.5 Å². The maximum atomic E-state index is 13.2. The van der Waals surface area contributed by atoms with Crippen molar-refractivity contribution in [1.29, 1.82) is 0 Å². The number of piperazine rings is 1. The smallest absolute Gasteiger partial charge is 0.255 e. The van der Waals surface area contributed by atoms with Crippen LogP contribution in [0.15, 0.2) is 24.4 Å². The summed E-state index contributed by atoms with van der Waals surface area (Å²) in [5, 5.41) is 0. The Morgan fingerprint density at radius 1 is 1.00 bits per heavy atom. The van der Waals surface area contributed by atoms with Gasteiger partial charge in [0.25, 0.3) is 5.91 Å². The largest absolute Gasteiger partial charge is 0.353 e. The highest BCUT2D eigenvalue weighted by molar-refractivity contribution is 5.97. The number of nitrogens with zero attached hydrogens (tertiary/aromatic N) is 5. The van der Waals surface area contributed by atoms with Crippen molar-refractivity contribution in [3.63, 3.8) is 0 Å². The van der Waals surface area contributed by atoms with Gasteiger partial charge in [0.15, 0.2) is 0 Å². The molecule has 0 atom stereocenters. The lowest BCUT2D eigenvalue weighted by molar-refractivity contribution is -0.117. The zero-order valence-electron chi connectivity index (χ0n) is 19.3. The van der Waals surface area contributed by atoms with E-state index in [1.54, 1.807) is 4.90 Å². The molecular formula is C26H31N5O2. The van der Waals surface area contributed by atoms with Gasteiger partial charge in [0.05, 0.1) is 11.3 Å². The Morgan fingerprint density at radius 2 is 1.76 bits per heavy atom. The van der Waals surface area contributed by atoms with E-state index >= 15 is 0 Å². The normalized spacial score (nSPS) is 21.1. The van der Waals surface area contributed by atoms with Crippen LogP contribution in [0, 0.1) is 6.92 Å².